The Labute approximate surface area is 132 Å². The fraction of sp³-hybridized carbons (Fsp3) is 0.375. The number of hydrogen-bond donors (Lipinski definition) is 1. The molecule has 5 nitrogen and oxygen atoms in total. The average molecular weight is 320 g/mol. The van der Waals surface area contributed by atoms with E-state index < -0.39 is 17.5 Å². The number of rotatable bonds is 2. The van der Waals surface area contributed by atoms with E-state index in [1.165, 1.54) is 6.07 Å². The van der Waals surface area contributed by atoms with Crippen LogP contribution in [0.1, 0.15) is 21.7 Å². The van der Waals surface area contributed by atoms with E-state index in [-0.39, 0.29) is 5.56 Å². The van der Waals surface area contributed by atoms with Gasteiger partial charge in [0.05, 0.1) is 22.6 Å². The third kappa shape index (κ3) is 2.91. The van der Waals surface area contributed by atoms with Crippen molar-refractivity contribution < 1.29 is 13.6 Å². The molecule has 3 rings (SSSR count). The second kappa shape index (κ2) is 5.98. The lowest BCUT2D eigenvalue weighted by atomic mass is 10.1. The van der Waals surface area contributed by atoms with Crippen LogP contribution in [-0.2, 0) is 0 Å². The monoisotopic (exact) mass is 320 g/mol. The number of benzene rings is 1. The maximum Gasteiger partial charge on any atom is 0.256 e. The van der Waals surface area contributed by atoms with Crippen molar-refractivity contribution in [2.75, 3.05) is 31.1 Å². The third-order valence-electron chi connectivity index (χ3n) is 4.13. The Hall–Kier alpha value is -2.44. The number of H-pyrrole nitrogens is 1. The number of anilines is 1. The van der Waals surface area contributed by atoms with Crippen molar-refractivity contribution in [3.05, 3.63) is 46.8 Å². The first-order chi connectivity index (χ1) is 11.0. The smallest absolute Gasteiger partial charge is 0.256 e. The molecule has 1 N–H and O–H groups in total. The highest BCUT2D eigenvalue weighted by Crippen LogP contribution is 2.24. The number of nitrogens with one attached hydrogen (secondary N) is 1. The molecular formula is C16H18F2N4O. The Bertz CT molecular complexity index is 716. The van der Waals surface area contributed by atoms with E-state index in [1.54, 1.807) is 4.90 Å². The molecule has 1 aromatic heterocycles. The molecule has 0 aliphatic carbocycles. The number of aromatic amines is 1. The zero-order valence-corrected chi connectivity index (χ0v) is 13.1. The van der Waals surface area contributed by atoms with Gasteiger partial charge in [-0.2, -0.15) is 5.10 Å². The van der Waals surface area contributed by atoms with Gasteiger partial charge in [0.15, 0.2) is 0 Å². The fourth-order valence-electron chi connectivity index (χ4n) is 2.98. The van der Waals surface area contributed by atoms with Gasteiger partial charge in [-0.15, -0.1) is 0 Å². The van der Waals surface area contributed by atoms with Crippen molar-refractivity contribution in [2.45, 2.75) is 13.8 Å². The molecule has 1 aliphatic rings. The molecule has 7 heteroatoms. The number of hydrogen-bond acceptors (Lipinski definition) is 3. The Morgan fingerprint density at radius 3 is 2.43 bits per heavy atom. The minimum Gasteiger partial charge on any atom is -0.365 e. The maximum absolute atomic E-state index is 13.8. The number of piperazine rings is 1. The number of nitrogens with zero attached hydrogens (tertiary/aromatic N) is 3. The van der Waals surface area contributed by atoms with Crippen molar-refractivity contribution in [3.8, 4) is 0 Å². The molecule has 0 saturated carbocycles. The summed E-state index contributed by atoms with van der Waals surface area (Å²) in [5.41, 5.74) is 2.89. The predicted octanol–water partition coefficient (Wildman–Crippen LogP) is 2.27. The summed E-state index contributed by atoms with van der Waals surface area (Å²) in [5.74, 6) is -1.91. The normalized spacial score (nSPS) is 15.1. The van der Waals surface area contributed by atoms with E-state index in [1.807, 2.05) is 13.8 Å². The van der Waals surface area contributed by atoms with Gasteiger partial charge in [-0.25, -0.2) is 8.78 Å². The van der Waals surface area contributed by atoms with Gasteiger partial charge < -0.3 is 9.80 Å². The minimum atomic E-state index is -0.820. The Morgan fingerprint density at radius 2 is 1.87 bits per heavy atom. The van der Waals surface area contributed by atoms with Crippen LogP contribution < -0.4 is 4.90 Å². The number of carbonyl (C=O) groups is 1. The molecule has 1 saturated heterocycles. The predicted molar refractivity (Wildman–Crippen MR) is 82.5 cm³/mol. The van der Waals surface area contributed by atoms with Crippen LogP contribution in [0.25, 0.3) is 0 Å². The largest absolute Gasteiger partial charge is 0.365 e. The average Bonchev–Trinajstić information content (AvgIpc) is 2.86. The van der Waals surface area contributed by atoms with E-state index >= 15 is 0 Å². The molecule has 1 fully saturated rings. The molecular weight excluding hydrogens is 302 g/mol. The quantitative estimate of drug-likeness (QED) is 0.923. The van der Waals surface area contributed by atoms with Crippen LogP contribution >= 0.6 is 0 Å². The van der Waals surface area contributed by atoms with Crippen molar-refractivity contribution in [1.29, 1.82) is 0 Å². The van der Waals surface area contributed by atoms with Crippen molar-refractivity contribution in [3.63, 3.8) is 0 Å². The Kier molecular flexibility index (Phi) is 4.02. The summed E-state index contributed by atoms with van der Waals surface area (Å²) >= 11 is 0. The van der Waals surface area contributed by atoms with Gasteiger partial charge >= 0.3 is 0 Å². The van der Waals surface area contributed by atoms with E-state index in [4.69, 9.17) is 0 Å². The van der Waals surface area contributed by atoms with Gasteiger partial charge in [-0.05, 0) is 26.0 Å². The number of amides is 1. The Morgan fingerprint density at radius 1 is 1.17 bits per heavy atom. The third-order valence-corrected chi connectivity index (χ3v) is 4.13. The van der Waals surface area contributed by atoms with Crippen LogP contribution in [0, 0.1) is 25.5 Å². The molecule has 122 valence electrons. The first-order valence-corrected chi connectivity index (χ1v) is 7.48. The zero-order chi connectivity index (χ0) is 16.6. The van der Waals surface area contributed by atoms with Gasteiger partial charge in [0, 0.05) is 32.2 Å². The summed E-state index contributed by atoms with van der Waals surface area (Å²) < 4.78 is 26.7. The molecule has 0 atom stereocenters. The topological polar surface area (TPSA) is 52.2 Å². The summed E-state index contributed by atoms with van der Waals surface area (Å²) in [6, 6.07) is 3.04. The second-order valence-electron chi connectivity index (χ2n) is 5.69. The lowest BCUT2D eigenvalue weighted by molar-refractivity contribution is 0.0742. The Balaban J connectivity index is 1.70. The first-order valence-electron chi connectivity index (χ1n) is 7.48. The standard InChI is InChI=1S/C16H18F2N4O/c1-10-15(11(2)20-19-10)21-5-7-22(8-6-21)16(23)13-4-3-12(17)9-14(13)18/h3-4,9H,5-8H2,1-2H3,(H,19,20). The van der Waals surface area contributed by atoms with Gasteiger partial charge in [0.2, 0.25) is 0 Å². The lowest BCUT2D eigenvalue weighted by Crippen LogP contribution is -2.49. The van der Waals surface area contributed by atoms with E-state index in [2.05, 4.69) is 15.1 Å². The van der Waals surface area contributed by atoms with Gasteiger partial charge in [-0.3, -0.25) is 9.89 Å². The molecule has 2 heterocycles. The summed E-state index contributed by atoms with van der Waals surface area (Å²) in [6.07, 6.45) is 0. The first kappa shape index (κ1) is 15.5. The molecule has 23 heavy (non-hydrogen) atoms. The van der Waals surface area contributed by atoms with Crippen LogP contribution in [0.15, 0.2) is 18.2 Å². The zero-order valence-electron chi connectivity index (χ0n) is 13.1. The van der Waals surface area contributed by atoms with E-state index in [0.29, 0.717) is 26.2 Å². The summed E-state index contributed by atoms with van der Waals surface area (Å²) in [4.78, 5) is 16.1. The number of carbonyl (C=O) groups excluding carboxylic acids is 1. The van der Waals surface area contributed by atoms with Crippen molar-refractivity contribution in [2.24, 2.45) is 0 Å². The van der Waals surface area contributed by atoms with Gasteiger partial charge in [0.1, 0.15) is 11.6 Å². The summed E-state index contributed by atoms with van der Waals surface area (Å²) in [6.45, 7) is 6.16. The lowest BCUT2D eigenvalue weighted by Gasteiger charge is -2.36. The molecule has 0 spiro atoms. The van der Waals surface area contributed by atoms with Crippen molar-refractivity contribution >= 4 is 11.6 Å². The van der Waals surface area contributed by atoms with Gasteiger partial charge in [-0.1, -0.05) is 0 Å². The van der Waals surface area contributed by atoms with Crippen LogP contribution in [0.4, 0.5) is 14.5 Å². The number of aromatic nitrogens is 2. The van der Waals surface area contributed by atoms with Crippen molar-refractivity contribution in [1.82, 2.24) is 15.1 Å². The molecule has 1 aliphatic heterocycles. The molecule has 0 bridgehead atoms. The molecule has 2 aromatic rings. The molecule has 1 amide bonds. The fourth-order valence-corrected chi connectivity index (χ4v) is 2.98. The summed E-state index contributed by atoms with van der Waals surface area (Å²) in [5, 5.41) is 7.13. The van der Waals surface area contributed by atoms with E-state index in [0.717, 1.165) is 29.2 Å². The SMILES string of the molecule is Cc1n[nH]c(C)c1N1CCN(C(=O)c2ccc(F)cc2F)CC1. The van der Waals surface area contributed by atoms with E-state index in [9.17, 15) is 13.6 Å². The van der Waals surface area contributed by atoms with Gasteiger partial charge in [0.25, 0.3) is 5.91 Å². The van der Waals surface area contributed by atoms with Crippen LogP contribution in [0.3, 0.4) is 0 Å². The number of aryl methyl sites for hydroxylation is 2. The van der Waals surface area contributed by atoms with Crippen LogP contribution in [-0.4, -0.2) is 47.2 Å². The van der Waals surface area contributed by atoms with Crippen LogP contribution in [0.5, 0.6) is 0 Å². The summed E-state index contributed by atoms with van der Waals surface area (Å²) in [7, 11) is 0. The highest BCUT2D eigenvalue weighted by atomic mass is 19.1. The maximum atomic E-state index is 13.8. The highest BCUT2D eigenvalue weighted by molar-refractivity contribution is 5.94. The molecule has 1 aromatic carbocycles. The molecule has 0 unspecified atom stereocenters. The number of halogens is 2. The second-order valence-corrected chi connectivity index (χ2v) is 5.69. The highest BCUT2D eigenvalue weighted by Gasteiger charge is 2.26. The molecule has 0 radical (unpaired) electrons. The van der Waals surface area contributed by atoms with Crippen LogP contribution in [0.2, 0.25) is 0 Å². The minimum absolute atomic E-state index is 0.0875.